The van der Waals surface area contributed by atoms with Crippen molar-refractivity contribution in [2.45, 2.75) is 45.1 Å². The van der Waals surface area contributed by atoms with Crippen molar-refractivity contribution in [1.82, 2.24) is 30.4 Å². The molecule has 1 aliphatic carbocycles. The van der Waals surface area contributed by atoms with Crippen molar-refractivity contribution in [3.05, 3.63) is 92.1 Å². The summed E-state index contributed by atoms with van der Waals surface area (Å²) in [4.78, 5) is 18.1. The number of alkyl halides is 3. The molecule has 0 saturated carbocycles. The molecule has 1 aliphatic heterocycles. The molecule has 1 amide bonds. The predicted octanol–water partition coefficient (Wildman–Crippen LogP) is 4.93. The molecule has 12 heteroatoms. The molecule has 0 spiro atoms. The van der Waals surface area contributed by atoms with Crippen molar-refractivity contribution in [3.63, 3.8) is 0 Å². The van der Waals surface area contributed by atoms with Crippen molar-refractivity contribution in [1.29, 1.82) is 0 Å². The standard InChI is InChI=1S/C26H22ClF3N6OS/c1-13-34-35-21-12-32-23(17-4-2-3-5-19(17)27)22-18-8-14(9-20(18)38-25(22)36(13)21)24(37)33-11-16-7-6-15(10-31-16)26(28,29)30/h2-7,10,14,23,32H,8-9,11-12H2,1H3,(H,33,37)/t14-,23-/m0/s1. The van der Waals surface area contributed by atoms with E-state index in [9.17, 15) is 18.0 Å². The molecule has 0 fully saturated rings. The average molecular weight is 559 g/mol. The molecule has 2 N–H and O–H groups in total. The van der Waals surface area contributed by atoms with Crippen LogP contribution in [0.15, 0.2) is 42.6 Å². The van der Waals surface area contributed by atoms with Crippen LogP contribution in [0.1, 0.15) is 50.5 Å². The minimum absolute atomic E-state index is 0.0618. The normalized spacial score (nSPS) is 18.4. The minimum Gasteiger partial charge on any atom is -0.350 e. The number of hydrogen-bond acceptors (Lipinski definition) is 6. The second-order valence-corrected chi connectivity index (χ2v) is 10.9. The molecule has 6 rings (SSSR count). The van der Waals surface area contributed by atoms with Crippen molar-refractivity contribution in [2.24, 2.45) is 5.92 Å². The molecule has 7 nitrogen and oxygen atoms in total. The molecule has 2 aliphatic rings. The second kappa shape index (κ2) is 9.48. The van der Waals surface area contributed by atoms with Gasteiger partial charge in [-0.15, -0.1) is 21.5 Å². The van der Waals surface area contributed by atoms with Gasteiger partial charge >= 0.3 is 6.18 Å². The van der Waals surface area contributed by atoms with E-state index in [1.807, 2.05) is 31.2 Å². The van der Waals surface area contributed by atoms with Crippen LogP contribution in [0, 0.1) is 12.8 Å². The van der Waals surface area contributed by atoms with Crippen LogP contribution < -0.4 is 10.6 Å². The molecular weight excluding hydrogens is 537 g/mol. The van der Waals surface area contributed by atoms with Gasteiger partial charge in [-0.25, -0.2) is 0 Å². The molecule has 0 unspecified atom stereocenters. The lowest BCUT2D eigenvalue weighted by Crippen LogP contribution is -2.31. The van der Waals surface area contributed by atoms with Gasteiger partial charge in [0.25, 0.3) is 0 Å². The van der Waals surface area contributed by atoms with Gasteiger partial charge in [0.2, 0.25) is 5.91 Å². The number of fused-ring (bicyclic) bond motifs is 5. The van der Waals surface area contributed by atoms with E-state index in [2.05, 4.69) is 30.4 Å². The van der Waals surface area contributed by atoms with Crippen molar-refractivity contribution in [3.8, 4) is 5.00 Å². The van der Waals surface area contributed by atoms with Gasteiger partial charge in [0.1, 0.15) is 10.8 Å². The van der Waals surface area contributed by atoms with E-state index < -0.39 is 11.7 Å². The van der Waals surface area contributed by atoms with E-state index >= 15 is 0 Å². The topological polar surface area (TPSA) is 84.7 Å². The zero-order valence-corrected chi connectivity index (χ0v) is 21.7. The molecule has 0 radical (unpaired) electrons. The fraction of sp³-hybridized carbons (Fsp3) is 0.308. The Labute approximate surface area is 225 Å². The van der Waals surface area contributed by atoms with Gasteiger partial charge in [-0.2, -0.15) is 13.2 Å². The summed E-state index contributed by atoms with van der Waals surface area (Å²) in [5, 5.41) is 16.8. The molecule has 0 bridgehead atoms. The summed E-state index contributed by atoms with van der Waals surface area (Å²) < 4.78 is 40.5. The number of amides is 1. The van der Waals surface area contributed by atoms with Gasteiger partial charge in [-0.05, 0) is 49.1 Å². The van der Waals surface area contributed by atoms with Crippen molar-refractivity contribution >= 4 is 28.8 Å². The molecule has 1 aromatic carbocycles. The van der Waals surface area contributed by atoms with Crippen molar-refractivity contribution in [2.75, 3.05) is 0 Å². The number of aromatic nitrogens is 4. The Kier molecular flexibility index (Phi) is 6.24. The number of nitrogens with zero attached hydrogens (tertiary/aromatic N) is 4. The third-order valence-electron chi connectivity index (χ3n) is 7.03. The van der Waals surface area contributed by atoms with Gasteiger partial charge < -0.3 is 5.32 Å². The fourth-order valence-electron chi connectivity index (χ4n) is 5.17. The Bertz CT molecular complexity index is 1530. The summed E-state index contributed by atoms with van der Waals surface area (Å²) in [7, 11) is 0. The lowest BCUT2D eigenvalue weighted by Gasteiger charge is -2.20. The number of carbonyl (C=O) groups excluding carboxylic acids is 1. The van der Waals surface area contributed by atoms with Crippen LogP contribution >= 0.6 is 22.9 Å². The number of rotatable bonds is 4. The molecular formula is C26H22ClF3N6OS. The highest BCUT2D eigenvalue weighted by Crippen LogP contribution is 2.47. The highest BCUT2D eigenvalue weighted by molar-refractivity contribution is 7.15. The predicted molar refractivity (Wildman–Crippen MR) is 136 cm³/mol. The maximum Gasteiger partial charge on any atom is 0.417 e. The SMILES string of the molecule is Cc1nnc2n1-c1sc3c(c1[C@H](c1ccccc1Cl)NC2)C[C@H](C(=O)NCc1ccc(C(F)(F)F)cn1)C3. The van der Waals surface area contributed by atoms with Crippen LogP contribution in [0.5, 0.6) is 0 Å². The van der Waals surface area contributed by atoms with Crippen LogP contribution in [-0.4, -0.2) is 25.7 Å². The largest absolute Gasteiger partial charge is 0.417 e. The van der Waals surface area contributed by atoms with Crippen LogP contribution in [0.25, 0.3) is 5.00 Å². The third kappa shape index (κ3) is 4.38. The molecule has 4 aromatic rings. The average Bonchev–Trinajstić information content (AvgIpc) is 3.53. The number of nitrogens with one attached hydrogen (secondary N) is 2. The van der Waals surface area contributed by atoms with Crippen LogP contribution in [0.3, 0.4) is 0 Å². The maximum absolute atomic E-state index is 13.1. The highest BCUT2D eigenvalue weighted by atomic mass is 35.5. The third-order valence-corrected chi connectivity index (χ3v) is 8.62. The van der Waals surface area contributed by atoms with Gasteiger partial charge in [0.05, 0.1) is 30.4 Å². The number of aryl methyl sites for hydroxylation is 1. The van der Waals surface area contributed by atoms with Gasteiger partial charge in [-0.1, -0.05) is 29.8 Å². The summed E-state index contributed by atoms with van der Waals surface area (Å²) in [5.41, 5.74) is 2.71. The lowest BCUT2D eigenvalue weighted by atomic mass is 9.95. The van der Waals surface area contributed by atoms with E-state index in [1.165, 1.54) is 6.07 Å². The van der Waals surface area contributed by atoms with Gasteiger partial charge in [-0.3, -0.25) is 19.7 Å². The number of benzene rings is 1. The monoisotopic (exact) mass is 558 g/mol. The highest BCUT2D eigenvalue weighted by Gasteiger charge is 2.38. The number of carbonyl (C=O) groups is 1. The number of thiophene rings is 1. The fourth-order valence-corrected chi connectivity index (χ4v) is 6.93. The Morgan fingerprint density at radius 3 is 2.76 bits per heavy atom. The number of halogens is 4. The summed E-state index contributed by atoms with van der Waals surface area (Å²) in [6.07, 6.45) is -2.54. The first-order chi connectivity index (χ1) is 18.2. The Morgan fingerprint density at radius 1 is 1.21 bits per heavy atom. The Morgan fingerprint density at radius 2 is 2.03 bits per heavy atom. The Balaban J connectivity index is 1.26. The smallest absolute Gasteiger partial charge is 0.350 e. The molecule has 196 valence electrons. The molecule has 2 atom stereocenters. The summed E-state index contributed by atoms with van der Waals surface area (Å²) in [6.45, 7) is 2.50. The molecule has 4 heterocycles. The number of pyridine rings is 1. The first-order valence-electron chi connectivity index (χ1n) is 12.0. The summed E-state index contributed by atoms with van der Waals surface area (Å²) >= 11 is 8.27. The van der Waals surface area contributed by atoms with E-state index in [0.29, 0.717) is 30.1 Å². The van der Waals surface area contributed by atoms with E-state index in [4.69, 9.17) is 11.6 Å². The zero-order valence-electron chi connectivity index (χ0n) is 20.1. The Hall–Kier alpha value is -3.28. The van der Waals surface area contributed by atoms with Gasteiger partial charge in [0.15, 0.2) is 5.82 Å². The minimum atomic E-state index is -4.45. The first-order valence-corrected chi connectivity index (χ1v) is 13.2. The zero-order chi connectivity index (χ0) is 26.6. The van der Waals surface area contributed by atoms with Crippen molar-refractivity contribution < 1.29 is 18.0 Å². The van der Waals surface area contributed by atoms with Crippen LogP contribution in [-0.2, 0) is 36.9 Å². The van der Waals surface area contributed by atoms with E-state index in [0.717, 1.165) is 50.5 Å². The molecule has 38 heavy (non-hydrogen) atoms. The molecule has 0 saturated heterocycles. The summed E-state index contributed by atoms with van der Waals surface area (Å²) in [6, 6.07) is 9.80. The second-order valence-electron chi connectivity index (χ2n) is 9.42. The maximum atomic E-state index is 13.1. The first kappa shape index (κ1) is 25.0. The quantitative estimate of drug-likeness (QED) is 0.371. The molecule has 3 aromatic heterocycles. The van der Waals surface area contributed by atoms with Gasteiger partial charge in [0, 0.05) is 27.6 Å². The van der Waals surface area contributed by atoms with Crippen LogP contribution in [0.4, 0.5) is 13.2 Å². The van der Waals surface area contributed by atoms with E-state index in [1.54, 1.807) is 11.3 Å². The van der Waals surface area contributed by atoms with E-state index in [-0.39, 0.29) is 24.4 Å². The lowest BCUT2D eigenvalue weighted by molar-refractivity contribution is -0.137. The summed E-state index contributed by atoms with van der Waals surface area (Å²) in [5.74, 6) is 1.17. The van der Waals surface area contributed by atoms with Crippen LogP contribution in [0.2, 0.25) is 5.02 Å². The number of hydrogen-bond donors (Lipinski definition) is 2.